The van der Waals surface area contributed by atoms with E-state index < -0.39 is 5.97 Å². The summed E-state index contributed by atoms with van der Waals surface area (Å²) in [6, 6.07) is 3.41. The second-order valence-electron chi connectivity index (χ2n) is 2.64. The Morgan fingerprint density at radius 1 is 1.69 bits per heavy atom. The van der Waals surface area contributed by atoms with Crippen molar-refractivity contribution in [1.29, 1.82) is 5.26 Å². The van der Waals surface area contributed by atoms with Crippen LogP contribution in [0.15, 0.2) is 11.4 Å². The number of rotatable bonds is 2. The van der Waals surface area contributed by atoms with Crippen molar-refractivity contribution < 1.29 is 9.53 Å². The molecule has 0 amide bonds. The first-order valence-electron chi connectivity index (χ1n) is 4.12. The van der Waals surface area contributed by atoms with Crippen molar-refractivity contribution in [3.8, 4) is 11.8 Å². The molecule has 80 valence electrons. The fourth-order valence-electron chi connectivity index (χ4n) is 1.07. The minimum absolute atomic E-state index is 0.0537. The second kappa shape index (κ2) is 4.08. The Morgan fingerprint density at radius 3 is 3.12 bits per heavy atom. The first-order valence-corrected chi connectivity index (χ1v) is 5.00. The molecule has 0 aliphatic heterocycles. The van der Waals surface area contributed by atoms with Gasteiger partial charge in [-0.3, -0.25) is 0 Å². The number of thiophene rings is 1. The average molecular weight is 235 g/mol. The number of nitrogens with zero attached hydrogens (tertiary/aromatic N) is 5. The zero-order valence-electron chi connectivity index (χ0n) is 8.12. The van der Waals surface area contributed by atoms with Gasteiger partial charge in [0.1, 0.15) is 16.6 Å². The highest BCUT2D eigenvalue weighted by Crippen LogP contribution is 2.20. The topological polar surface area (TPSA) is 93.7 Å². The van der Waals surface area contributed by atoms with Crippen molar-refractivity contribution in [1.82, 2.24) is 20.2 Å². The lowest BCUT2D eigenvalue weighted by Gasteiger charge is -1.98. The highest BCUT2D eigenvalue weighted by molar-refractivity contribution is 7.12. The minimum Gasteiger partial charge on any atom is -0.465 e. The van der Waals surface area contributed by atoms with Gasteiger partial charge in [0.25, 0.3) is 5.82 Å². The third kappa shape index (κ3) is 1.64. The Morgan fingerprint density at radius 2 is 2.50 bits per heavy atom. The van der Waals surface area contributed by atoms with Gasteiger partial charge >= 0.3 is 5.97 Å². The number of ether oxygens (including phenoxy) is 1. The van der Waals surface area contributed by atoms with Crippen molar-refractivity contribution in [3.05, 3.63) is 22.1 Å². The van der Waals surface area contributed by atoms with Gasteiger partial charge in [0.05, 0.1) is 7.11 Å². The van der Waals surface area contributed by atoms with Gasteiger partial charge in [0.2, 0.25) is 0 Å². The van der Waals surface area contributed by atoms with E-state index in [0.29, 0.717) is 10.6 Å². The van der Waals surface area contributed by atoms with Crippen LogP contribution in [0.4, 0.5) is 0 Å². The molecule has 2 aromatic rings. The molecule has 0 aromatic carbocycles. The predicted octanol–water partition coefficient (Wildman–Crippen LogP) is 0.382. The minimum atomic E-state index is -0.471. The average Bonchev–Trinajstić information content (AvgIpc) is 2.95. The SMILES string of the molecule is COC(=O)c1sccc1-n1nnc(C#N)n1. The summed E-state index contributed by atoms with van der Waals surface area (Å²) in [4.78, 5) is 12.9. The first-order chi connectivity index (χ1) is 7.76. The van der Waals surface area contributed by atoms with Crippen molar-refractivity contribution >= 4 is 17.3 Å². The number of hydrogen-bond acceptors (Lipinski definition) is 7. The molecule has 0 fully saturated rings. The number of hydrogen-bond donors (Lipinski definition) is 0. The smallest absolute Gasteiger partial charge is 0.350 e. The van der Waals surface area contributed by atoms with Crippen molar-refractivity contribution in [3.63, 3.8) is 0 Å². The second-order valence-corrected chi connectivity index (χ2v) is 3.56. The third-order valence-corrected chi connectivity index (χ3v) is 2.63. The Hall–Kier alpha value is -2.27. The van der Waals surface area contributed by atoms with Gasteiger partial charge in [0.15, 0.2) is 0 Å². The van der Waals surface area contributed by atoms with E-state index >= 15 is 0 Å². The summed E-state index contributed by atoms with van der Waals surface area (Å²) < 4.78 is 4.61. The number of tetrazole rings is 1. The van der Waals surface area contributed by atoms with Crippen molar-refractivity contribution in [2.24, 2.45) is 0 Å². The van der Waals surface area contributed by atoms with Crippen molar-refractivity contribution in [2.45, 2.75) is 0 Å². The first kappa shape index (κ1) is 10.3. The van der Waals surface area contributed by atoms with E-state index in [1.165, 1.54) is 18.4 Å². The standard InChI is InChI=1S/C8H5N5O2S/c1-15-8(14)7-5(2-3-16-7)13-11-6(4-9)10-12-13/h2-3H,1H3. The molecule has 0 aliphatic carbocycles. The predicted molar refractivity (Wildman–Crippen MR) is 53.1 cm³/mol. The Bertz CT molecular complexity index is 567. The monoisotopic (exact) mass is 235 g/mol. The number of aromatic nitrogens is 4. The van der Waals surface area contributed by atoms with Crippen LogP contribution in [0.5, 0.6) is 0 Å². The summed E-state index contributed by atoms with van der Waals surface area (Å²) in [7, 11) is 1.29. The molecule has 7 nitrogen and oxygen atoms in total. The molecule has 0 unspecified atom stereocenters. The van der Waals surface area contributed by atoms with Crippen LogP contribution >= 0.6 is 11.3 Å². The van der Waals surface area contributed by atoms with Gasteiger partial charge in [-0.15, -0.1) is 21.2 Å². The normalized spacial score (nSPS) is 9.75. The summed E-state index contributed by atoms with van der Waals surface area (Å²) in [5.74, 6) is -0.525. The lowest BCUT2D eigenvalue weighted by molar-refractivity contribution is 0.0606. The molecule has 0 aliphatic rings. The summed E-state index contributed by atoms with van der Waals surface area (Å²) >= 11 is 1.21. The quantitative estimate of drug-likeness (QED) is 0.698. The van der Waals surface area contributed by atoms with Crippen LogP contribution in [0.25, 0.3) is 5.69 Å². The van der Waals surface area contributed by atoms with Gasteiger partial charge in [-0.25, -0.2) is 4.79 Å². The molecule has 0 atom stereocenters. The van der Waals surface area contributed by atoms with Crippen LogP contribution in [0.3, 0.4) is 0 Å². The zero-order chi connectivity index (χ0) is 11.5. The summed E-state index contributed by atoms with van der Waals surface area (Å²) in [6.07, 6.45) is 0. The van der Waals surface area contributed by atoms with Crippen LogP contribution < -0.4 is 0 Å². The maximum absolute atomic E-state index is 11.4. The lowest BCUT2D eigenvalue weighted by atomic mass is 10.4. The number of carbonyl (C=O) groups is 1. The molecule has 0 bridgehead atoms. The molecule has 8 heteroatoms. The maximum Gasteiger partial charge on any atom is 0.350 e. The van der Waals surface area contributed by atoms with Crippen LogP contribution in [0.2, 0.25) is 0 Å². The van der Waals surface area contributed by atoms with Crippen LogP contribution in [-0.2, 0) is 4.74 Å². The maximum atomic E-state index is 11.4. The van der Waals surface area contributed by atoms with Crippen LogP contribution in [0, 0.1) is 11.3 Å². The molecule has 0 N–H and O–H groups in total. The molecular weight excluding hydrogens is 230 g/mol. The molecule has 2 rings (SSSR count). The number of nitriles is 1. The Kier molecular flexibility index (Phi) is 2.61. The molecule has 16 heavy (non-hydrogen) atoms. The fraction of sp³-hybridized carbons (Fsp3) is 0.125. The fourth-order valence-corrected chi connectivity index (χ4v) is 1.85. The van der Waals surface area contributed by atoms with E-state index in [9.17, 15) is 4.79 Å². The highest BCUT2D eigenvalue weighted by Gasteiger charge is 2.17. The van der Waals surface area contributed by atoms with Gasteiger partial charge in [-0.05, 0) is 16.7 Å². The Balaban J connectivity index is 2.45. The number of esters is 1. The van der Waals surface area contributed by atoms with E-state index in [4.69, 9.17) is 5.26 Å². The molecule has 0 saturated heterocycles. The lowest BCUT2D eigenvalue weighted by Crippen LogP contribution is -2.06. The van der Waals surface area contributed by atoms with Crippen LogP contribution in [-0.4, -0.2) is 33.3 Å². The largest absolute Gasteiger partial charge is 0.465 e. The highest BCUT2D eigenvalue weighted by atomic mass is 32.1. The van der Waals surface area contributed by atoms with E-state index in [1.807, 2.05) is 0 Å². The van der Waals surface area contributed by atoms with E-state index in [2.05, 4.69) is 20.1 Å². The van der Waals surface area contributed by atoms with Gasteiger partial charge in [0, 0.05) is 0 Å². The van der Waals surface area contributed by atoms with Crippen molar-refractivity contribution in [2.75, 3.05) is 7.11 Å². The molecule has 2 heterocycles. The van der Waals surface area contributed by atoms with E-state index in [0.717, 1.165) is 4.80 Å². The van der Waals surface area contributed by atoms with Gasteiger partial charge < -0.3 is 4.74 Å². The summed E-state index contributed by atoms with van der Waals surface area (Å²) in [5.41, 5.74) is 0.450. The van der Waals surface area contributed by atoms with Crippen LogP contribution in [0.1, 0.15) is 15.5 Å². The molecule has 2 aromatic heterocycles. The van der Waals surface area contributed by atoms with E-state index in [-0.39, 0.29) is 5.82 Å². The molecule has 0 radical (unpaired) electrons. The van der Waals surface area contributed by atoms with Gasteiger partial charge in [-0.2, -0.15) is 5.26 Å². The summed E-state index contributed by atoms with van der Waals surface area (Å²) in [6.45, 7) is 0. The zero-order valence-corrected chi connectivity index (χ0v) is 8.93. The summed E-state index contributed by atoms with van der Waals surface area (Å²) in [5, 5.41) is 21.2. The molecule has 0 spiro atoms. The number of methoxy groups -OCH3 is 1. The molecular formula is C8H5N5O2S. The van der Waals surface area contributed by atoms with E-state index in [1.54, 1.807) is 17.5 Å². The molecule has 0 saturated carbocycles. The third-order valence-electron chi connectivity index (χ3n) is 1.74. The number of carbonyl (C=O) groups excluding carboxylic acids is 1. The van der Waals surface area contributed by atoms with Gasteiger partial charge in [-0.1, -0.05) is 5.10 Å². The Labute approximate surface area is 93.9 Å².